The smallest absolute Gasteiger partial charge is 0.207 e. The van der Waals surface area contributed by atoms with E-state index in [1.54, 1.807) is 7.11 Å². The average Bonchev–Trinajstić information content (AvgIpc) is 3.69. The van der Waals surface area contributed by atoms with Gasteiger partial charge in [0.2, 0.25) is 5.95 Å². The van der Waals surface area contributed by atoms with Crippen molar-refractivity contribution in [3.05, 3.63) is 120 Å². The van der Waals surface area contributed by atoms with Crippen molar-refractivity contribution in [2.45, 2.75) is 121 Å². The SMILES string of the molecule is COC[C@H]1O[C@@H](n2c(NCC(c3ccccc3)c3ccccc3)nc3cnc(CCNCc4ccccc4)nc32)[C@H](O[Si](C)(C)C(C)(C)C)[C@@H]1O[Si](C)(C)C(C)(C)C. The van der Waals surface area contributed by atoms with Gasteiger partial charge in [0.05, 0.1) is 12.8 Å². The first-order valence-corrected chi connectivity index (χ1v) is 26.6. The highest BCUT2D eigenvalue weighted by Crippen LogP contribution is 2.47. The Morgan fingerprint density at radius 2 is 1.31 bits per heavy atom. The fraction of sp³-hybridized carbons (Fsp3) is 0.500. The average molecular weight is 823 g/mol. The number of rotatable bonds is 17. The zero-order valence-electron chi connectivity index (χ0n) is 36.6. The molecule has 1 saturated heterocycles. The molecule has 1 fully saturated rings. The third kappa shape index (κ3) is 10.2. The van der Waals surface area contributed by atoms with Crippen LogP contribution in [0.25, 0.3) is 11.2 Å². The molecule has 312 valence electrons. The van der Waals surface area contributed by atoms with Crippen LogP contribution in [0.1, 0.15) is 76.2 Å². The highest BCUT2D eigenvalue weighted by molar-refractivity contribution is 6.74. The molecule has 0 radical (unpaired) electrons. The Morgan fingerprint density at radius 1 is 0.759 bits per heavy atom. The Bertz CT molecular complexity index is 2010. The molecule has 0 amide bonds. The van der Waals surface area contributed by atoms with Crippen molar-refractivity contribution in [3.63, 3.8) is 0 Å². The van der Waals surface area contributed by atoms with Crippen molar-refractivity contribution in [1.82, 2.24) is 24.8 Å². The lowest BCUT2D eigenvalue weighted by molar-refractivity contribution is -0.0553. The van der Waals surface area contributed by atoms with Gasteiger partial charge in [-0.25, -0.2) is 15.0 Å². The third-order valence-electron chi connectivity index (χ3n) is 12.4. The summed E-state index contributed by atoms with van der Waals surface area (Å²) in [5.41, 5.74) is 5.06. The van der Waals surface area contributed by atoms with Gasteiger partial charge in [0, 0.05) is 39.1 Å². The summed E-state index contributed by atoms with van der Waals surface area (Å²) in [6.07, 6.45) is 0.668. The van der Waals surface area contributed by atoms with Crippen molar-refractivity contribution in [1.29, 1.82) is 0 Å². The maximum Gasteiger partial charge on any atom is 0.207 e. The van der Waals surface area contributed by atoms with Crippen molar-refractivity contribution in [3.8, 4) is 0 Å². The molecule has 58 heavy (non-hydrogen) atoms. The van der Waals surface area contributed by atoms with Crippen LogP contribution in [-0.2, 0) is 31.3 Å². The second-order valence-electron chi connectivity index (χ2n) is 18.7. The van der Waals surface area contributed by atoms with Crippen molar-refractivity contribution < 1.29 is 18.3 Å². The van der Waals surface area contributed by atoms with E-state index >= 15 is 0 Å². The molecule has 2 N–H and O–H groups in total. The Morgan fingerprint density at radius 3 is 1.86 bits per heavy atom. The van der Waals surface area contributed by atoms with Crippen LogP contribution in [0.5, 0.6) is 0 Å². The summed E-state index contributed by atoms with van der Waals surface area (Å²) in [5.74, 6) is 1.45. The van der Waals surface area contributed by atoms with E-state index in [1.807, 2.05) is 12.3 Å². The van der Waals surface area contributed by atoms with Crippen LogP contribution in [0.2, 0.25) is 36.3 Å². The fourth-order valence-corrected chi connectivity index (χ4v) is 9.55. The van der Waals surface area contributed by atoms with Gasteiger partial charge in [0.1, 0.15) is 29.7 Å². The number of nitrogens with one attached hydrogen (secondary N) is 2. The summed E-state index contributed by atoms with van der Waals surface area (Å²) >= 11 is 0. The first-order valence-electron chi connectivity index (χ1n) is 20.8. The summed E-state index contributed by atoms with van der Waals surface area (Å²) in [7, 11) is -2.98. The van der Waals surface area contributed by atoms with Gasteiger partial charge < -0.3 is 29.0 Å². The number of benzene rings is 3. The van der Waals surface area contributed by atoms with E-state index in [1.165, 1.54) is 16.7 Å². The topological polar surface area (TPSA) is 105 Å². The minimum Gasteiger partial charge on any atom is -0.408 e. The zero-order chi connectivity index (χ0) is 41.7. The van der Waals surface area contributed by atoms with Crippen LogP contribution in [0, 0.1) is 0 Å². The first-order chi connectivity index (χ1) is 27.5. The number of nitrogens with zero attached hydrogens (tertiary/aromatic N) is 4. The molecule has 10 nitrogen and oxygen atoms in total. The maximum atomic E-state index is 7.49. The summed E-state index contributed by atoms with van der Waals surface area (Å²) in [6, 6.07) is 31.7. The predicted octanol–water partition coefficient (Wildman–Crippen LogP) is 9.73. The Kier molecular flexibility index (Phi) is 13.8. The molecule has 3 aromatic carbocycles. The van der Waals surface area contributed by atoms with Gasteiger partial charge in [0.25, 0.3) is 0 Å². The Labute approximate surface area is 348 Å². The van der Waals surface area contributed by atoms with Crippen LogP contribution in [0.3, 0.4) is 0 Å². The first kappa shape index (κ1) is 43.8. The maximum absolute atomic E-state index is 7.49. The van der Waals surface area contributed by atoms with Gasteiger partial charge in [-0.1, -0.05) is 133 Å². The summed E-state index contributed by atoms with van der Waals surface area (Å²) in [4.78, 5) is 15.3. The van der Waals surface area contributed by atoms with E-state index < -0.39 is 29.0 Å². The van der Waals surface area contributed by atoms with Crippen LogP contribution in [-0.4, -0.2) is 81.3 Å². The molecule has 5 aromatic rings. The number of imidazole rings is 1. The van der Waals surface area contributed by atoms with Gasteiger partial charge in [-0.15, -0.1) is 0 Å². The van der Waals surface area contributed by atoms with Gasteiger partial charge in [-0.05, 0) is 53.0 Å². The molecule has 0 unspecified atom stereocenters. The lowest BCUT2D eigenvalue weighted by Gasteiger charge is -2.44. The summed E-state index contributed by atoms with van der Waals surface area (Å²) < 4.78 is 30.0. The van der Waals surface area contributed by atoms with Gasteiger partial charge in [0.15, 0.2) is 28.5 Å². The second kappa shape index (κ2) is 18.2. The van der Waals surface area contributed by atoms with Crippen molar-refractivity contribution in [2.75, 3.05) is 32.1 Å². The molecular weight excluding hydrogens is 757 g/mol. The summed E-state index contributed by atoms with van der Waals surface area (Å²) in [5, 5.41) is 7.27. The van der Waals surface area contributed by atoms with Crippen LogP contribution >= 0.6 is 0 Å². The van der Waals surface area contributed by atoms with E-state index in [0.717, 1.165) is 18.9 Å². The van der Waals surface area contributed by atoms with E-state index in [0.29, 0.717) is 36.7 Å². The third-order valence-corrected chi connectivity index (χ3v) is 21.3. The Hall–Kier alpha value is -3.76. The molecule has 0 aliphatic carbocycles. The number of methoxy groups -OCH3 is 1. The van der Waals surface area contributed by atoms with Gasteiger partial charge >= 0.3 is 0 Å². The number of fused-ring (bicyclic) bond motifs is 1. The van der Waals surface area contributed by atoms with E-state index in [-0.39, 0.29) is 28.2 Å². The minimum absolute atomic E-state index is 0.0286. The summed E-state index contributed by atoms with van der Waals surface area (Å²) in [6.45, 7) is 25.3. The highest BCUT2D eigenvalue weighted by Gasteiger charge is 2.55. The molecule has 4 atom stereocenters. The molecule has 1 aliphatic rings. The standard InChI is InChI=1S/C46H66N6O4Si2/c1-45(2,3)57(8,9)55-40-38(32-53-7)54-43(41(40)56-58(10,11)46(4,5)6)52-42-37(31-48-39(51-42)27-28-47-29-33-21-15-12-16-22-33)50-44(52)49-30-36(34-23-17-13-18-24-34)35-25-19-14-20-26-35/h12-26,31,36,38,40-41,43,47H,27-30,32H2,1-11H3,(H,49,50)/t38-,40-,41-,43-/m1/s1. The van der Waals surface area contributed by atoms with Crippen LogP contribution in [0.15, 0.2) is 97.2 Å². The number of ether oxygens (including phenoxy) is 2. The van der Waals surface area contributed by atoms with Gasteiger partial charge in [-0.2, -0.15) is 0 Å². The quantitative estimate of drug-likeness (QED) is 0.0701. The minimum atomic E-state index is -2.39. The Balaban J connectivity index is 1.44. The monoisotopic (exact) mass is 822 g/mol. The molecular formula is C46H66N6O4Si2. The van der Waals surface area contributed by atoms with Crippen molar-refractivity contribution in [2.24, 2.45) is 0 Å². The van der Waals surface area contributed by atoms with Crippen molar-refractivity contribution >= 4 is 33.7 Å². The molecule has 2 aromatic heterocycles. The molecule has 0 saturated carbocycles. The zero-order valence-corrected chi connectivity index (χ0v) is 38.6. The van der Waals surface area contributed by atoms with Gasteiger partial charge in [-0.3, -0.25) is 4.57 Å². The number of hydrogen-bond donors (Lipinski definition) is 2. The molecule has 1 aliphatic heterocycles. The molecule has 6 rings (SSSR count). The van der Waals surface area contributed by atoms with E-state index in [4.69, 9.17) is 33.3 Å². The van der Waals surface area contributed by atoms with Crippen LogP contribution in [0.4, 0.5) is 5.95 Å². The normalized spacial score (nSPS) is 19.3. The lowest BCUT2D eigenvalue weighted by Crippen LogP contribution is -2.54. The number of anilines is 1. The van der Waals surface area contributed by atoms with Crippen LogP contribution < -0.4 is 10.6 Å². The highest BCUT2D eigenvalue weighted by atomic mass is 28.4. The fourth-order valence-electron chi connectivity index (χ4n) is 6.95. The van der Waals surface area contributed by atoms with E-state index in [9.17, 15) is 0 Å². The lowest BCUT2D eigenvalue weighted by atomic mass is 9.91. The van der Waals surface area contributed by atoms with E-state index in [2.05, 4.69) is 168 Å². The molecule has 0 spiro atoms. The molecule has 0 bridgehead atoms. The molecule has 12 heteroatoms. The second-order valence-corrected chi connectivity index (χ2v) is 28.2. The molecule has 3 heterocycles. The predicted molar refractivity (Wildman–Crippen MR) is 240 cm³/mol. The largest absolute Gasteiger partial charge is 0.408 e. The number of aromatic nitrogens is 4. The number of hydrogen-bond acceptors (Lipinski definition) is 9.